The van der Waals surface area contributed by atoms with Crippen molar-refractivity contribution in [2.75, 3.05) is 7.11 Å². The first kappa shape index (κ1) is 11.1. The number of hydrogen-bond donors (Lipinski definition) is 0. The first-order valence-corrected chi connectivity index (χ1v) is 4.58. The summed E-state index contributed by atoms with van der Waals surface area (Å²) < 4.78 is 0. The molecule has 0 saturated heterocycles. The van der Waals surface area contributed by atoms with Crippen LogP contribution in [0.2, 0.25) is 0 Å². The highest BCUT2D eigenvalue weighted by Gasteiger charge is 1.98. The SMILES string of the molecule is C=C(C)C#C/C(=N\OC)c1ccccc1. The van der Waals surface area contributed by atoms with Crippen LogP contribution in [0.1, 0.15) is 12.5 Å². The van der Waals surface area contributed by atoms with Gasteiger partial charge in [0.05, 0.1) is 0 Å². The molecule has 0 unspecified atom stereocenters. The van der Waals surface area contributed by atoms with E-state index in [1.54, 1.807) is 0 Å². The second kappa shape index (κ2) is 5.66. The van der Waals surface area contributed by atoms with Gasteiger partial charge in [-0.1, -0.05) is 48.0 Å². The van der Waals surface area contributed by atoms with Crippen LogP contribution in [-0.4, -0.2) is 12.8 Å². The summed E-state index contributed by atoms with van der Waals surface area (Å²) >= 11 is 0. The lowest BCUT2D eigenvalue weighted by Crippen LogP contribution is -1.97. The maximum Gasteiger partial charge on any atom is 0.160 e. The van der Waals surface area contributed by atoms with E-state index in [9.17, 15) is 0 Å². The van der Waals surface area contributed by atoms with Crippen molar-refractivity contribution in [1.82, 2.24) is 0 Å². The maximum absolute atomic E-state index is 4.75. The maximum atomic E-state index is 4.75. The molecule has 0 amide bonds. The molecule has 0 aliphatic heterocycles. The van der Waals surface area contributed by atoms with E-state index in [0.29, 0.717) is 5.71 Å². The standard InChI is InChI=1S/C13H13NO/c1-11(2)9-10-13(14-15-3)12-7-5-4-6-8-12/h4-8H,1H2,2-3H3/b14-13+. The van der Waals surface area contributed by atoms with Gasteiger partial charge in [-0.25, -0.2) is 0 Å². The van der Waals surface area contributed by atoms with Crippen molar-refractivity contribution in [2.24, 2.45) is 5.16 Å². The summed E-state index contributed by atoms with van der Waals surface area (Å²) in [7, 11) is 1.51. The summed E-state index contributed by atoms with van der Waals surface area (Å²) in [4.78, 5) is 4.75. The summed E-state index contributed by atoms with van der Waals surface area (Å²) in [5.41, 5.74) is 2.35. The van der Waals surface area contributed by atoms with Gasteiger partial charge in [0.25, 0.3) is 0 Å². The van der Waals surface area contributed by atoms with Crippen LogP contribution in [0.3, 0.4) is 0 Å². The molecule has 15 heavy (non-hydrogen) atoms. The molecule has 0 heterocycles. The lowest BCUT2D eigenvalue weighted by atomic mass is 10.1. The molecule has 0 bridgehead atoms. The first-order valence-electron chi connectivity index (χ1n) is 4.58. The molecular formula is C13H13NO. The molecule has 0 aliphatic rings. The van der Waals surface area contributed by atoms with Gasteiger partial charge in [-0.3, -0.25) is 0 Å². The van der Waals surface area contributed by atoms with Crippen molar-refractivity contribution in [3.63, 3.8) is 0 Å². The van der Waals surface area contributed by atoms with Crippen LogP contribution in [0.4, 0.5) is 0 Å². The quantitative estimate of drug-likeness (QED) is 0.407. The number of rotatable bonds is 2. The molecule has 1 aromatic rings. The van der Waals surface area contributed by atoms with E-state index in [-0.39, 0.29) is 0 Å². The number of allylic oxidation sites excluding steroid dienone is 1. The van der Waals surface area contributed by atoms with Crippen LogP contribution in [0.5, 0.6) is 0 Å². The van der Waals surface area contributed by atoms with Gasteiger partial charge in [0, 0.05) is 5.56 Å². The van der Waals surface area contributed by atoms with Crippen molar-refractivity contribution in [3.8, 4) is 11.8 Å². The first-order chi connectivity index (χ1) is 7.24. The zero-order valence-corrected chi connectivity index (χ0v) is 8.95. The van der Waals surface area contributed by atoms with Crippen molar-refractivity contribution in [1.29, 1.82) is 0 Å². The van der Waals surface area contributed by atoms with Crippen LogP contribution >= 0.6 is 0 Å². The number of hydrogen-bond acceptors (Lipinski definition) is 2. The van der Waals surface area contributed by atoms with Gasteiger partial charge in [-0.05, 0) is 18.4 Å². The van der Waals surface area contributed by atoms with Gasteiger partial charge < -0.3 is 4.84 Å². The molecule has 0 atom stereocenters. The third kappa shape index (κ3) is 3.70. The molecule has 0 radical (unpaired) electrons. The van der Waals surface area contributed by atoms with Crippen molar-refractivity contribution < 1.29 is 4.84 Å². The molecular weight excluding hydrogens is 186 g/mol. The minimum atomic E-state index is 0.612. The minimum absolute atomic E-state index is 0.612. The lowest BCUT2D eigenvalue weighted by molar-refractivity contribution is 0.214. The van der Waals surface area contributed by atoms with E-state index < -0.39 is 0 Å². The number of nitrogens with zero attached hydrogens (tertiary/aromatic N) is 1. The Bertz CT molecular complexity index is 421. The van der Waals surface area contributed by atoms with E-state index in [4.69, 9.17) is 4.84 Å². The molecule has 2 heteroatoms. The molecule has 0 spiro atoms. The fourth-order valence-electron chi connectivity index (χ4n) is 1.00. The Labute approximate surface area is 90.3 Å². The Morgan fingerprint density at radius 1 is 1.27 bits per heavy atom. The summed E-state index contributed by atoms with van der Waals surface area (Å²) in [5.74, 6) is 5.79. The van der Waals surface area contributed by atoms with Crippen LogP contribution in [0.25, 0.3) is 0 Å². The van der Waals surface area contributed by atoms with Gasteiger partial charge in [0.1, 0.15) is 7.11 Å². The molecule has 76 valence electrons. The van der Waals surface area contributed by atoms with E-state index in [1.165, 1.54) is 7.11 Å². The average Bonchev–Trinajstić information content (AvgIpc) is 2.25. The predicted molar refractivity (Wildman–Crippen MR) is 62.6 cm³/mol. The van der Waals surface area contributed by atoms with Gasteiger partial charge in [-0.2, -0.15) is 0 Å². The molecule has 2 nitrogen and oxygen atoms in total. The second-order valence-electron chi connectivity index (χ2n) is 3.02. The summed E-state index contributed by atoms with van der Waals surface area (Å²) in [5, 5.41) is 3.87. The predicted octanol–water partition coefficient (Wildman–Crippen LogP) is 2.62. The third-order valence-corrected chi connectivity index (χ3v) is 1.62. The molecule has 0 saturated carbocycles. The largest absolute Gasteiger partial charge is 0.398 e. The Balaban J connectivity index is 3.02. The van der Waals surface area contributed by atoms with Gasteiger partial charge in [-0.15, -0.1) is 0 Å². The molecule has 0 aromatic heterocycles. The summed E-state index contributed by atoms with van der Waals surface area (Å²) in [6.07, 6.45) is 0. The third-order valence-electron chi connectivity index (χ3n) is 1.62. The minimum Gasteiger partial charge on any atom is -0.398 e. The van der Waals surface area contributed by atoms with Gasteiger partial charge >= 0.3 is 0 Å². The number of oxime groups is 1. The van der Waals surface area contributed by atoms with Crippen molar-refractivity contribution in [3.05, 3.63) is 48.0 Å². The second-order valence-corrected chi connectivity index (χ2v) is 3.02. The monoisotopic (exact) mass is 199 g/mol. The molecule has 1 aromatic carbocycles. The fraction of sp³-hybridized carbons (Fsp3) is 0.154. The van der Waals surface area contributed by atoms with Gasteiger partial charge in [0.15, 0.2) is 5.71 Å². The Hall–Kier alpha value is -2.01. The number of benzene rings is 1. The Morgan fingerprint density at radius 3 is 2.47 bits per heavy atom. The Kier molecular flexibility index (Phi) is 4.18. The Morgan fingerprint density at radius 2 is 1.93 bits per heavy atom. The van der Waals surface area contributed by atoms with E-state index >= 15 is 0 Å². The molecule has 0 aliphatic carbocycles. The highest BCUT2D eigenvalue weighted by atomic mass is 16.6. The van der Waals surface area contributed by atoms with Crippen LogP contribution in [0, 0.1) is 11.8 Å². The van der Waals surface area contributed by atoms with E-state index in [2.05, 4.69) is 23.6 Å². The molecule has 0 fully saturated rings. The van der Waals surface area contributed by atoms with E-state index in [0.717, 1.165) is 11.1 Å². The molecule has 1 rings (SSSR count). The smallest absolute Gasteiger partial charge is 0.160 e. The molecule has 0 N–H and O–H groups in total. The summed E-state index contributed by atoms with van der Waals surface area (Å²) in [6, 6.07) is 9.68. The average molecular weight is 199 g/mol. The van der Waals surface area contributed by atoms with Crippen LogP contribution in [-0.2, 0) is 4.84 Å². The normalized spacial score (nSPS) is 10.1. The fourth-order valence-corrected chi connectivity index (χ4v) is 1.00. The van der Waals surface area contributed by atoms with Crippen LogP contribution < -0.4 is 0 Å². The van der Waals surface area contributed by atoms with Gasteiger partial charge in [0.2, 0.25) is 0 Å². The zero-order chi connectivity index (χ0) is 11.1. The van der Waals surface area contributed by atoms with E-state index in [1.807, 2.05) is 37.3 Å². The highest BCUT2D eigenvalue weighted by Crippen LogP contribution is 2.01. The van der Waals surface area contributed by atoms with Crippen molar-refractivity contribution >= 4 is 5.71 Å². The topological polar surface area (TPSA) is 21.6 Å². The summed E-state index contributed by atoms with van der Waals surface area (Å²) in [6.45, 7) is 5.56. The lowest BCUT2D eigenvalue weighted by Gasteiger charge is -1.97. The zero-order valence-electron chi connectivity index (χ0n) is 8.95. The van der Waals surface area contributed by atoms with Crippen molar-refractivity contribution in [2.45, 2.75) is 6.92 Å². The van der Waals surface area contributed by atoms with Crippen LogP contribution in [0.15, 0.2) is 47.6 Å². The highest BCUT2D eigenvalue weighted by molar-refractivity contribution is 6.12.